The molecule has 0 bridgehead atoms. The van der Waals surface area contributed by atoms with Crippen molar-refractivity contribution in [2.45, 2.75) is 13.3 Å². The molecule has 0 aromatic carbocycles. The predicted octanol–water partition coefficient (Wildman–Crippen LogP) is 2.84. The Kier molecular flexibility index (Phi) is 3.29. The minimum atomic E-state index is -2.79. The number of halogens is 3. The molecule has 0 amide bonds. The van der Waals surface area contributed by atoms with Gasteiger partial charge in [0.15, 0.2) is 0 Å². The molecule has 4 nitrogen and oxygen atoms in total. The molecule has 0 saturated heterocycles. The van der Waals surface area contributed by atoms with Gasteiger partial charge in [0.25, 0.3) is 12.1 Å². The first-order chi connectivity index (χ1) is 6.45. The van der Waals surface area contributed by atoms with Crippen molar-refractivity contribution in [2.24, 2.45) is 0 Å². The van der Waals surface area contributed by atoms with Crippen molar-refractivity contribution in [2.75, 3.05) is 0 Å². The number of rotatable bonds is 2. The lowest BCUT2D eigenvalue weighted by atomic mass is 10.2. The Balaban J connectivity index is 3.41. The highest BCUT2D eigenvalue weighted by Crippen LogP contribution is 2.31. The average molecular weight is 314 g/mol. The van der Waals surface area contributed by atoms with Crippen molar-refractivity contribution < 1.29 is 13.7 Å². The number of hydrogen-bond donors (Lipinski definition) is 0. The van der Waals surface area contributed by atoms with E-state index in [1.54, 1.807) is 0 Å². The fraction of sp³-hybridized carbons (Fsp3) is 0.286. The maximum absolute atomic E-state index is 12.3. The highest BCUT2D eigenvalue weighted by Gasteiger charge is 2.24. The average Bonchev–Trinajstić information content (AvgIpc) is 2.02. The van der Waals surface area contributed by atoms with Crippen LogP contribution in [-0.4, -0.2) is 9.91 Å². The molecule has 0 saturated carbocycles. The first kappa shape index (κ1) is 11.2. The van der Waals surface area contributed by atoms with Gasteiger partial charge in [-0.05, 0) is 29.5 Å². The molecular formula is C7H5F2IN2O2. The molecule has 0 fully saturated rings. The number of alkyl halides is 2. The van der Waals surface area contributed by atoms with Gasteiger partial charge in [-0.2, -0.15) is 0 Å². The van der Waals surface area contributed by atoms with Gasteiger partial charge in [-0.25, -0.2) is 8.78 Å². The lowest BCUT2D eigenvalue weighted by Crippen LogP contribution is -2.02. The molecule has 7 heteroatoms. The van der Waals surface area contributed by atoms with Crippen LogP contribution in [0.4, 0.5) is 14.5 Å². The highest BCUT2D eigenvalue weighted by atomic mass is 127. The quantitative estimate of drug-likeness (QED) is 0.479. The maximum Gasteiger partial charge on any atom is 0.289 e. The van der Waals surface area contributed by atoms with Gasteiger partial charge in [0.2, 0.25) is 0 Å². The van der Waals surface area contributed by atoms with E-state index < -0.39 is 17.0 Å². The van der Waals surface area contributed by atoms with Crippen LogP contribution in [0, 0.1) is 20.6 Å². The van der Waals surface area contributed by atoms with Crippen molar-refractivity contribution in [1.29, 1.82) is 0 Å². The van der Waals surface area contributed by atoms with Crippen LogP contribution in [0.2, 0.25) is 0 Å². The predicted molar refractivity (Wildman–Crippen MR) is 53.3 cm³/mol. The van der Waals surface area contributed by atoms with Crippen LogP contribution in [0.15, 0.2) is 6.20 Å². The third kappa shape index (κ3) is 1.97. The van der Waals surface area contributed by atoms with Gasteiger partial charge >= 0.3 is 0 Å². The van der Waals surface area contributed by atoms with Gasteiger partial charge in [0.05, 0.1) is 4.92 Å². The molecule has 1 rings (SSSR count). The smallest absolute Gasteiger partial charge is 0.258 e. The standard InChI is InChI=1S/C7H5F2IN2O2/c1-3-2-11-5(7(8)9)4(10)6(3)12(13)14/h2,7H,1H3. The van der Waals surface area contributed by atoms with Crippen LogP contribution in [0.1, 0.15) is 17.7 Å². The summed E-state index contributed by atoms with van der Waals surface area (Å²) in [5, 5.41) is 10.5. The van der Waals surface area contributed by atoms with Crippen LogP contribution < -0.4 is 0 Å². The van der Waals surface area contributed by atoms with Crippen LogP contribution in [0.5, 0.6) is 0 Å². The summed E-state index contributed by atoms with van der Waals surface area (Å²) in [5.74, 6) is 0. The Hall–Kier alpha value is -0.860. The summed E-state index contributed by atoms with van der Waals surface area (Å²) in [5.41, 5.74) is -0.553. The van der Waals surface area contributed by atoms with Crippen LogP contribution in [0.3, 0.4) is 0 Å². The molecule has 0 N–H and O–H groups in total. The van der Waals surface area contributed by atoms with Crippen LogP contribution in [-0.2, 0) is 0 Å². The number of hydrogen-bond acceptors (Lipinski definition) is 3. The number of aromatic nitrogens is 1. The second kappa shape index (κ2) is 4.11. The summed E-state index contributed by atoms with van der Waals surface area (Å²) in [6, 6.07) is 0. The monoisotopic (exact) mass is 314 g/mol. The Bertz CT molecular complexity index is 384. The summed E-state index contributed by atoms with van der Waals surface area (Å²) in [4.78, 5) is 13.3. The topological polar surface area (TPSA) is 56.0 Å². The summed E-state index contributed by atoms with van der Waals surface area (Å²) in [6.45, 7) is 1.46. The minimum Gasteiger partial charge on any atom is -0.258 e. The van der Waals surface area contributed by atoms with Gasteiger partial charge < -0.3 is 0 Å². The molecule has 0 unspecified atom stereocenters. The zero-order valence-electron chi connectivity index (χ0n) is 7.00. The molecule has 1 aromatic rings. The van der Waals surface area contributed by atoms with Crippen molar-refractivity contribution in [3.8, 4) is 0 Å². The third-order valence-electron chi connectivity index (χ3n) is 1.59. The Morgan fingerprint density at radius 1 is 1.64 bits per heavy atom. The first-order valence-electron chi connectivity index (χ1n) is 3.52. The van der Waals surface area contributed by atoms with Crippen molar-refractivity contribution in [1.82, 2.24) is 4.98 Å². The van der Waals surface area contributed by atoms with E-state index in [4.69, 9.17) is 0 Å². The maximum atomic E-state index is 12.3. The van der Waals surface area contributed by atoms with E-state index in [9.17, 15) is 18.9 Å². The van der Waals surface area contributed by atoms with Crippen LogP contribution >= 0.6 is 22.6 Å². The zero-order chi connectivity index (χ0) is 10.9. The molecule has 0 radical (unpaired) electrons. The number of nitrogens with zero attached hydrogens (tertiary/aromatic N) is 2. The van der Waals surface area contributed by atoms with Gasteiger partial charge in [0, 0.05) is 11.8 Å². The van der Waals surface area contributed by atoms with Crippen molar-refractivity contribution in [3.63, 3.8) is 0 Å². The highest BCUT2D eigenvalue weighted by molar-refractivity contribution is 14.1. The van der Waals surface area contributed by atoms with E-state index in [-0.39, 0.29) is 14.8 Å². The Morgan fingerprint density at radius 3 is 2.64 bits per heavy atom. The van der Waals surface area contributed by atoms with Gasteiger partial charge in [-0.3, -0.25) is 15.1 Å². The van der Waals surface area contributed by atoms with Gasteiger partial charge in [-0.1, -0.05) is 0 Å². The van der Waals surface area contributed by atoms with Gasteiger partial charge in [0.1, 0.15) is 9.26 Å². The van der Waals surface area contributed by atoms with E-state index in [2.05, 4.69) is 4.98 Å². The number of aryl methyl sites for hydroxylation is 1. The number of pyridine rings is 1. The third-order valence-corrected chi connectivity index (χ3v) is 2.66. The lowest BCUT2D eigenvalue weighted by Gasteiger charge is -2.04. The Morgan fingerprint density at radius 2 is 2.21 bits per heavy atom. The molecule has 14 heavy (non-hydrogen) atoms. The molecule has 0 atom stereocenters. The molecule has 1 aromatic heterocycles. The SMILES string of the molecule is Cc1cnc(C(F)F)c(I)c1[N+](=O)[O-]. The molecule has 0 spiro atoms. The largest absolute Gasteiger partial charge is 0.289 e. The summed E-state index contributed by atoms with van der Waals surface area (Å²) < 4.78 is 24.5. The Labute approximate surface area is 91.6 Å². The molecule has 76 valence electrons. The van der Waals surface area contributed by atoms with E-state index in [1.165, 1.54) is 29.5 Å². The van der Waals surface area contributed by atoms with E-state index >= 15 is 0 Å². The second-order valence-corrected chi connectivity index (χ2v) is 3.63. The fourth-order valence-electron chi connectivity index (χ4n) is 0.955. The summed E-state index contributed by atoms with van der Waals surface area (Å²) >= 11 is 1.51. The molecule has 0 aliphatic carbocycles. The van der Waals surface area contributed by atoms with E-state index in [0.29, 0.717) is 0 Å². The zero-order valence-corrected chi connectivity index (χ0v) is 9.16. The fourth-order valence-corrected chi connectivity index (χ4v) is 1.95. The van der Waals surface area contributed by atoms with Gasteiger partial charge in [-0.15, -0.1) is 0 Å². The first-order valence-corrected chi connectivity index (χ1v) is 4.60. The normalized spacial score (nSPS) is 10.6. The number of nitro groups is 1. The molecule has 0 aliphatic rings. The molecule has 0 aliphatic heterocycles. The van der Waals surface area contributed by atoms with E-state index in [0.717, 1.165) is 6.20 Å². The second-order valence-electron chi connectivity index (χ2n) is 2.55. The minimum absolute atomic E-state index is 0.0948. The lowest BCUT2D eigenvalue weighted by molar-refractivity contribution is -0.386. The van der Waals surface area contributed by atoms with Crippen molar-refractivity contribution in [3.05, 3.63) is 31.1 Å². The van der Waals surface area contributed by atoms with E-state index in [1.807, 2.05) is 0 Å². The summed E-state index contributed by atoms with van der Waals surface area (Å²) in [6.07, 6.45) is -1.71. The van der Waals surface area contributed by atoms with Crippen LogP contribution in [0.25, 0.3) is 0 Å². The summed E-state index contributed by atoms with van der Waals surface area (Å²) in [7, 11) is 0. The van der Waals surface area contributed by atoms with Crippen molar-refractivity contribution >= 4 is 28.3 Å². The molecule has 1 heterocycles. The molecular weight excluding hydrogens is 309 g/mol.